The van der Waals surface area contributed by atoms with Crippen LogP contribution in [0.5, 0.6) is 11.5 Å². The second-order valence-corrected chi connectivity index (χ2v) is 5.92. The molecule has 0 N–H and O–H groups in total. The van der Waals surface area contributed by atoms with Gasteiger partial charge in [-0.1, -0.05) is 17.3 Å². The topological polar surface area (TPSA) is 77.7 Å². The van der Waals surface area contributed by atoms with Gasteiger partial charge in [-0.25, -0.2) is 0 Å². The highest BCUT2D eigenvalue weighted by atomic mass is 16.5. The first-order valence-corrected chi connectivity index (χ1v) is 8.49. The van der Waals surface area contributed by atoms with Gasteiger partial charge < -0.3 is 18.9 Å². The zero-order valence-electron chi connectivity index (χ0n) is 15.5. The van der Waals surface area contributed by atoms with Gasteiger partial charge in [0.05, 0.1) is 13.7 Å². The Hall–Kier alpha value is -3.35. The van der Waals surface area contributed by atoms with Gasteiger partial charge in [0.1, 0.15) is 23.6 Å². The fourth-order valence-electron chi connectivity index (χ4n) is 2.65. The van der Waals surface area contributed by atoms with Gasteiger partial charge in [-0.05, 0) is 31.2 Å². The normalized spacial score (nSPS) is 10.5. The third-order valence-corrected chi connectivity index (χ3v) is 4.13. The van der Waals surface area contributed by atoms with Crippen LogP contribution < -0.4 is 9.47 Å². The lowest BCUT2D eigenvalue weighted by molar-refractivity contribution is 0.0772. The number of amides is 1. The molecular formula is C20H21N3O4. The summed E-state index contributed by atoms with van der Waals surface area (Å²) in [6.07, 6.45) is 3.30. The van der Waals surface area contributed by atoms with Crippen molar-refractivity contribution >= 4 is 5.91 Å². The summed E-state index contributed by atoms with van der Waals surface area (Å²) in [4.78, 5) is 18.5. The van der Waals surface area contributed by atoms with Crippen molar-refractivity contribution in [2.75, 3.05) is 27.3 Å². The molecule has 1 amide bonds. The molecule has 7 heteroatoms. The summed E-state index contributed by atoms with van der Waals surface area (Å²) < 4.78 is 16.3. The Morgan fingerprint density at radius 3 is 2.56 bits per heavy atom. The van der Waals surface area contributed by atoms with Crippen molar-refractivity contribution in [3.05, 3.63) is 60.1 Å². The molecule has 0 saturated carbocycles. The van der Waals surface area contributed by atoms with Crippen LogP contribution in [0.3, 0.4) is 0 Å². The van der Waals surface area contributed by atoms with Gasteiger partial charge in [0.2, 0.25) is 0 Å². The lowest BCUT2D eigenvalue weighted by Crippen LogP contribution is -2.31. The molecular weight excluding hydrogens is 346 g/mol. The Kier molecular flexibility index (Phi) is 5.71. The minimum atomic E-state index is -0.177. The Bertz CT molecular complexity index is 909. The van der Waals surface area contributed by atoms with Crippen LogP contribution >= 0.6 is 0 Å². The average Bonchev–Trinajstić information content (AvgIpc) is 3.09. The Balaban J connectivity index is 1.69. The molecule has 0 radical (unpaired) electrons. The second-order valence-electron chi connectivity index (χ2n) is 5.92. The number of hydrogen-bond donors (Lipinski definition) is 0. The summed E-state index contributed by atoms with van der Waals surface area (Å²) in [5, 5.41) is 4.04. The number of carbonyl (C=O) groups is 1. The monoisotopic (exact) mass is 367 g/mol. The molecule has 0 aliphatic rings. The molecule has 3 aromatic rings. The number of pyridine rings is 1. The van der Waals surface area contributed by atoms with Crippen LogP contribution in [0.4, 0.5) is 0 Å². The number of ether oxygens (including phenoxy) is 2. The molecule has 0 saturated heterocycles. The Labute approximate surface area is 157 Å². The number of methoxy groups -OCH3 is 1. The van der Waals surface area contributed by atoms with Gasteiger partial charge in [0.25, 0.3) is 5.91 Å². The van der Waals surface area contributed by atoms with Gasteiger partial charge in [-0.15, -0.1) is 0 Å². The van der Waals surface area contributed by atoms with Crippen LogP contribution in [-0.2, 0) is 0 Å². The first-order valence-electron chi connectivity index (χ1n) is 8.49. The molecule has 27 heavy (non-hydrogen) atoms. The standard InChI is InChI=1S/C20H21N3O4/c1-14-18(19(22-27-14)15-8-10-21-11-9-15)20(24)23(2)12-13-26-17-7-5-4-6-16(17)25-3/h4-11H,12-13H2,1-3H3. The smallest absolute Gasteiger partial charge is 0.259 e. The van der Waals surface area contributed by atoms with E-state index in [2.05, 4.69) is 10.1 Å². The number of rotatable bonds is 7. The van der Waals surface area contributed by atoms with E-state index < -0.39 is 0 Å². The van der Waals surface area contributed by atoms with E-state index in [1.165, 1.54) is 0 Å². The fourth-order valence-corrected chi connectivity index (χ4v) is 2.65. The first kappa shape index (κ1) is 18.4. The van der Waals surface area contributed by atoms with Crippen LogP contribution in [0.2, 0.25) is 0 Å². The number of benzene rings is 1. The molecule has 0 fully saturated rings. The number of likely N-dealkylation sites (N-methyl/N-ethyl adjacent to an activating group) is 1. The van der Waals surface area contributed by atoms with Crippen LogP contribution in [0, 0.1) is 6.92 Å². The highest BCUT2D eigenvalue weighted by Gasteiger charge is 2.24. The predicted octanol–water partition coefficient (Wildman–Crippen LogP) is 3.20. The quantitative estimate of drug-likeness (QED) is 0.638. The minimum Gasteiger partial charge on any atom is -0.493 e. The van der Waals surface area contributed by atoms with E-state index >= 15 is 0 Å². The predicted molar refractivity (Wildman–Crippen MR) is 99.9 cm³/mol. The van der Waals surface area contributed by atoms with E-state index in [-0.39, 0.29) is 5.91 Å². The van der Waals surface area contributed by atoms with E-state index in [0.29, 0.717) is 41.7 Å². The highest BCUT2D eigenvalue weighted by molar-refractivity contribution is 6.00. The molecule has 7 nitrogen and oxygen atoms in total. The van der Waals surface area contributed by atoms with Crippen molar-refractivity contribution in [3.8, 4) is 22.8 Å². The van der Waals surface area contributed by atoms with Crippen LogP contribution in [0.25, 0.3) is 11.3 Å². The number of carbonyl (C=O) groups excluding carboxylic acids is 1. The van der Waals surface area contributed by atoms with Crippen molar-refractivity contribution in [1.29, 1.82) is 0 Å². The molecule has 0 spiro atoms. The Morgan fingerprint density at radius 2 is 1.85 bits per heavy atom. The van der Waals surface area contributed by atoms with Crippen LogP contribution in [-0.4, -0.2) is 48.3 Å². The Morgan fingerprint density at radius 1 is 1.15 bits per heavy atom. The summed E-state index contributed by atoms with van der Waals surface area (Å²) in [6, 6.07) is 11.0. The van der Waals surface area contributed by atoms with Gasteiger partial charge in [-0.3, -0.25) is 9.78 Å². The van der Waals surface area contributed by atoms with Gasteiger partial charge in [0.15, 0.2) is 11.5 Å². The maximum Gasteiger partial charge on any atom is 0.259 e. The number of aromatic nitrogens is 2. The van der Waals surface area contributed by atoms with E-state index in [1.807, 2.05) is 24.3 Å². The summed E-state index contributed by atoms with van der Waals surface area (Å²) in [5.74, 6) is 1.59. The molecule has 0 aliphatic heterocycles. The molecule has 2 heterocycles. The second kappa shape index (κ2) is 8.35. The molecule has 0 unspecified atom stereocenters. The van der Waals surface area contributed by atoms with Crippen molar-refractivity contribution in [2.24, 2.45) is 0 Å². The lowest BCUT2D eigenvalue weighted by atomic mass is 10.1. The zero-order chi connectivity index (χ0) is 19.2. The van der Waals surface area contributed by atoms with Gasteiger partial charge in [0, 0.05) is 25.0 Å². The van der Waals surface area contributed by atoms with Crippen molar-refractivity contribution in [2.45, 2.75) is 6.92 Å². The highest BCUT2D eigenvalue weighted by Crippen LogP contribution is 2.27. The first-order chi connectivity index (χ1) is 13.1. The molecule has 0 aliphatic carbocycles. The third kappa shape index (κ3) is 4.08. The largest absolute Gasteiger partial charge is 0.493 e. The summed E-state index contributed by atoms with van der Waals surface area (Å²) in [6.45, 7) is 2.46. The van der Waals surface area contributed by atoms with E-state index in [0.717, 1.165) is 5.56 Å². The number of aryl methyl sites for hydroxylation is 1. The SMILES string of the molecule is COc1ccccc1OCCN(C)C(=O)c1c(-c2ccncc2)noc1C. The van der Waals surface area contributed by atoms with Crippen LogP contribution in [0.15, 0.2) is 53.3 Å². The maximum atomic E-state index is 12.9. The lowest BCUT2D eigenvalue weighted by Gasteiger charge is -2.18. The van der Waals surface area contributed by atoms with Gasteiger partial charge >= 0.3 is 0 Å². The summed E-state index contributed by atoms with van der Waals surface area (Å²) in [5.41, 5.74) is 1.74. The van der Waals surface area contributed by atoms with Gasteiger partial charge in [-0.2, -0.15) is 0 Å². The average molecular weight is 367 g/mol. The number of nitrogens with zero attached hydrogens (tertiary/aromatic N) is 3. The summed E-state index contributed by atoms with van der Waals surface area (Å²) >= 11 is 0. The van der Waals surface area contributed by atoms with Crippen LogP contribution in [0.1, 0.15) is 16.1 Å². The zero-order valence-corrected chi connectivity index (χ0v) is 15.5. The van der Waals surface area contributed by atoms with Crippen molar-refractivity contribution in [1.82, 2.24) is 15.0 Å². The number of para-hydroxylation sites is 2. The minimum absolute atomic E-state index is 0.177. The van der Waals surface area contributed by atoms with E-state index in [9.17, 15) is 4.79 Å². The molecule has 0 bridgehead atoms. The van der Waals surface area contributed by atoms with Crippen molar-refractivity contribution < 1.29 is 18.8 Å². The molecule has 0 atom stereocenters. The maximum absolute atomic E-state index is 12.9. The molecule has 2 aromatic heterocycles. The van der Waals surface area contributed by atoms with E-state index in [1.54, 1.807) is 50.5 Å². The molecule has 140 valence electrons. The fraction of sp³-hybridized carbons (Fsp3) is 0.250. The summed E-state index contributed by atoms with van der Waals surface area (Å²) in [7, 11) is 3.31. The number of hydrogen-bond acceptors (Lipinski definition) is 6. The molecule has 1 aromatic carbocycles. The van der Waals surface area contributed by atoms with Crippen molar-refractivity contribution in [3.63, 3.8) is 0 Å². The molecule has 3 rings (SSSR count). The third-order valence-electron chi connectivity index (χ3n) is 4.13. The van der Waals surface area contributed by atoms with E-state index in [4.69, 9.17) is 14.0 Å².